The van der Waals surface area contributed by atoms with Crippen molar-refractivity contribution in [1.82, 2.24) is 0 Å². The molecule has 1 N–H and O–H groups in total. The Kier molecular flexibility index (Phi) is 4.11. The molecule has 2 unspecified atom stereocenters. The fraction of sp³-hybridized carbons (Fsp3) is 0.412. The van der Waals surface area contributed by atoms with E-state index in [4.69, 9.17) is 4.74 Å². The van der Waals surface area contributed by atoms with Crippen LogP contribution >= 0.6 is 0 Å². The standard InChI is InChI=1S/C17H22O2/c1-11(2)17(18)12(3)13-5-6-15-10-16(19-4)8-7-14(15)9-13/h5-12,17-18H,1-4H3. The largest absolute Gasteiger partial charge is 0.497 e. The molecule has 0 aromatic heterocycles. The molecule has 2 nitrogen and oxygen atoms in total. The first kappa shape index (κ1) is 13.9. The van der Waals surface area contributed by atoms with Crippen LogP contribution in [0, 0.1) is 5.92 Å². The van der Waals surface area contributed by atoms with Gasteiger partial charge in [0.1, 0.15) is 5.75 Å². The molecule has 2 rings (SSSR count). The maximum absolute atomic E-state index is 10.2. The fourth-order valence-electron chi connectivity index (χ4n) is 2.43. The minimum Gasteiger partial charge on any atom is -0.497 e. The Morgan fingerprint density at radius 1 is 0.947 bits per heavy atom. The molecule has 0 amide bonds. The third-order valence-electron chi connectivity index (χ3n) is 3.79. The molecule has 0 saturated carbocycles. The molecule has 2 heteroatoms. The van der Waals surface area contributed by atoms with Gasteiger partial charge >= 0.3 is 0 Å². The minimum atomic E-state index is -0.310. The number of aliphatic hydroxyl groups excluding tert-OH is 1. The fourth-order valence-corrected chi connectivity index (χ4v) is 2.43. The van der Waals surface area contributed by atoms with Gasteiger partial charge in [0, 0.05) is 5.92 Å². The van der Waals surface area contributed by atoms with Gasteiger partial charge in [0.2, 0.25) is 0 Å². The predicted octanol–water partition coefficient (Wildman–Crippen LogP) is 3.97. The van der Waals surface area contributed by atoms with E-state index < -0.39 is 0 Å². The first-order valence-electron chi connectivity index (χ1n) is 6.78. The van der Waals surface area contributed by atoms with Crippen molar-refractivity contribution in [2.45, 2.75) is 32.8 Å². The van der Waals surface area contributed by atoms with Crippen LogP contribution in [0.15, 0.2) is 36.4 Å². The van der Waals surface area contributed by atoms with Crippen molar-refractivity contribution in [1.29, 1.82) is 0 Å². The summed E-state index contributed by atoms with van der Waals surface area (Å²) in [4.78, 5) is 0. The Bertz CT molecular complexity index is 560. The van der Waals surface area contributed by atoms with E-state index in [1.54, 1.807) is 7.11 Å². The third kappa shape index (κ3) is 2.90. The summed E-state index contributed by atoms with van der Waals surface area (Å²) in [6.07, 6.45) is -0.310. The average Bonchev–Trinajstić information content (AvgIpc) is 2.44. The second-order valence-electron chi connectivity index (χ2n) is 5.50. The van der Waals surface area contributed by atoms with Crippen LogP contribution in [0.4, 0.5) is 0 Å². The van der Waals surface area contributed by atoms with Crippen LogP contribution in [-0.4, -0.2) is 18.3 Å². The van der Waals surface area contributed by atoms with E-state index in [9.17, 15) is 5.11 Å². The van der Waals surface area contributed by atoms with Crippen molar-refractivity contribution in [3.63, 3.8) is 0 Å². The highest BCUT2D eigenvalue weighted by Gasteiger charge is 2.19. The Balaban J connectivity index is 2.36. The van der Waals surface area contributed by atoms with E-state index in [0.29, 0.717) is 0 Å². The molecule has 2 atom stereocenters. The summed E-state index contributed by atoms with van der Waals surface area (Å²) >= 11 is 0. The van der Waals surface area contributed by atoms with Crippen molar-refractivity contribution in [2.24, 2.45) is 5.92 Å². The lowest BCUT2D eigenvalue weighted by Crippen LogP contribution is -2.21. The number of aliphatic hydroxyl groups is 1. The van der Waals surface area contributed by atoms with E-state index >= 15 is 0 Å². The number of benzene rings is 2. The average molecular weight is 258 g/mol. The lowest BCUT2D eigenvalue weighted by molar-refractivity contribution is 0.102. The van der Waals surface area contributed by atoms with Crippen LogP contribution in [0.3, 0.4) is 0 Å². The highest BCUT2D eigenvalue weighted by molar-refractivity contribution is 5.84. The summed E-state index contributed by atoms with van der Waals surface area (Å²) in [5.74, 6) is 1.28. The van der Waals surface area contributed by atoms with Gasteiger partial charge in [-0.15, -0.1) is 0 Å². The van der Waals surface area contributed by atoms with Gasteiger partial charge in [0.05, 0.1) is 13.2 Å². The summed E-state index contributed by atoms with van der Waals surface area (Å²) in [6.45, 7) is 6.18. The van der Waals surface area contributed by atoms with Crippen LogP contribution in [0.2, 0.25) is 0 Å². The van der Waals surface area contributed by atoms with Gasteiger partial charge < -0.3 is 9.84 Å². The van der Waals surface area contributed by atoms with Gasteiger partial charge in [-0.3, -0.25) is 0 Å². The van der Waals surface area contributed by atoms with Crippen molar-refractivity contribution in [3.05, 3.63) is 42.0 Å². The predicted molar refractivity (Wildman–Crippen MR) is 79.8 cm³/mol. The van der Waals surface area contributed by atoms with Crippen LogP contribution < -0.4 is 4.74 Å². The second kappa shape index (κ2) is 5.62. The van der Waals surface area contributed by atoms with Crippen LogP contribution in [-0.2, 0) is 0 Å². The number of fused-ring (bicyclic) bond motifs is 1. The lowest BCUT2D eigenvalue weighted by atomic mass is 9.88. The third-order valence-corrected chi connectivity index (χ3v) is 3.79. The van der Waals surface area contributed by atoms with Gasteiger partial charge in [-0.1, -0.05) is 45.0 Å². The van der Waals surface area contributed by atoms with Crippen LogP contribution in [0.25, 0.3) is 10.8 Å². The topological polar surface area (TPSA) is 29.5 Å². The van der Waals surface area contributed by atoms with Gasteiger partial charge in [-0.05, 0) is 34.4 Å². The molecule has 19 heavy (non-hydrogen) atoms. The second-order valence-corrected chi connectivity index (χ2v) is 5.50. The van der Waals surface area contributed by atoms with Crippen molar-refractivity contribution in [3.8, 4) is 5.75 Å². The molecular weight excluding hydrogens is 236 g/mol. The SMILES string of the molecule is COc1ccc2cc(C(C)C(O)C(C)C)ccc2c1. The molecule has 0 aliphatic carbocycles. The van der Waals surface area contributed by atoms with E-state index in [0.717, 1.165) is 11.1 Å². The smallest absolute Gasteiger partial charge is 0.119 e. The number of hydrogen-bond donors (Lipinski definition) is 1. The van der Waals surface area contributed by atoms with Crippen molar-refractivity contribution in [2.75, 3.05) is 7.11 Å². The van der Waals surface area contributed by atoms with E-state index in [1.165, 1.54) is 10.9 Å². The van der Waals surface area contributed by atoms with E-state index in [1.807, 2.05) is 26.0 Å². The number of ether oxygens (including phenoxy) is 1. The van der Waals surface area contributed by atoms with Gasteiger partial charge in [0.15, 0.2) is 0 Å². The van der Waals surface area contributed by atoms with Crippen molar-refractivity contribution >= 4 is 10.8 Å². The normalized spacial score (nSPS) is 14.6. The minimum absolute atomic E-state index is 0.145. The van der Waals surface area contributed by atoms with E-state index in [-0.39, 0.29) is 17.9 Å². The maximum Gasteiger partial charge on any atom is 0.119 e. The zero-order chi connectivity index (χ0) is 14.0. The maximum atomic E-state index is 10.2. The Labute approximate surface area is 115 Å². The molecule has 0 bridgehead atoms. The summed E-state index contributed by atoms with van der Waals surface area (Å²) in [7, 11) is 1.68. The van der Waals surface area contributed by atoms with E-state index in [2.05, 4.69) is 31.2 Å². The monoisotopic (exact) mass is 258 g/mol. The highest BCUT2D eigenvalue weighted by Crippen LogP contribution is 2.28. The van der Waals surface area contributed by atoms with Crippen LogP contribution in [0.5, 0.6) is 5.75 Å². The molecule has 0 saturated heterocycles. The molecule has 2 aromatic carbocycles. The molecule has 0 fully saturated rings. The molecular formula is C17H22O2. The van der Waals surface area contributed by atoms with Gasteiger partial charge in [-0.25, -0.2) is 0 Å². The van der Waals surface area contributed by atoms with Gasteiger partial charge in [-0.2, -0.15) is 0 Å². The number of methoxy groups -OCH3 is 1. The zero-order valence-corrected chi connectivity index (χ0v) is 12.1. The van der Waals surface area contributed by atoms with Crippen molar-refractivity contribution < 1.29 is 9.84 Å². The Morgan fingerprint density at radius 2 is 1.58 bits per heavy atom. The summed E-state index contributed by atoms with van der Waals surface area (Å²) in [5, 5.41) is 12.5. The Morgan fingerprint density at radius 3 is 2.21 bits per heavy atom. The first-order chi connectivity index (χ1) is 9.02. The first-order valence-corrected chi connectivity index (χ1v) is 6.78. The molecule has 0 radical (unpaired) electrons. The summed E-state index contributed by atoms with van der Waals surface area (Å²) in [5.41, 5.74) is 1.18. The molecule has 2 aromatic rings. The summed E-state index contributed by atoms with van der Waals surface area (Å²) < 4.78 is 5.23. The molecule has 0 aliphatic rings. The van der Waals surface area contributed by atoms with Gasteiger partial charge in [0.25, 0.3) is 0 Å². The van der Waals surface area contributed by atoms with Crippen LogP contribution in [0.1, 0.15) is 32.3 Å². The number of rotatable bonds is 4. The molecule has 0 spiro atoms. The summed E-state index contributed by atoms with van der Waals surface area (Å²) in [6, 6.07) is 12.4. The molecule has 102 valence electrons. The highest BCUT2D eigenvalue weighted by atomic mass is 16.5. The quantitative estimate of drug-likeness (QED) is 0.899. The Hall–Kier alpha value is -1.54. The lowest BCUT2D eigenvalue weighted by Gasteiger charge is -2.22. The number of hydrogen-bond acceptors (Lipinski definition) is 2. The zero-order valence-electron chi connectivity index (χ0n) is 12.1. The molecule has 0 heterocycles. The molecule has 0 aliphatic heterocycles.